The number of carbonyl (C=O) groups excluding carboxylic acids is 1. The van der Waals surface area contributed by atoms with Gasteiger partial charge in [0.15, 0.2) is 0 Å². The van der Waals surface area contributed by atoms with Crippen molar-refractivity contribution >= 4 is 29.2 Å². The van der Waals surface area contributed by atoms with Crippen LogP contribution in [0, 0.1) is 0 Å². The minimum atomic E-state index is -0.0525. The number of hydrogen-bond acceptors (Lipinski definition) is 2. The summed E-state index contributed by atoms with van der Waals surface area (Å²) < 4.78 is 1.99. The maximum absolute atomic E-state index is 12.5. The molecular weight excluding hydrogens is 322 g/mol. The first-order chi connectivity index (χ1) is 11.7. The van der Waals surface area contributed by atoms with E-state index in [4.69, 9.17) is 11.6 Å². The molecule has 0 N–H and O–H groups in total. The molecule has 0 aliphatic rings. The highest BCUT2D eigenvalue weighted by Gasteiger charge is 2.12. The highest BCUT2D eigenvalue weighted by atomic mass is 35.5. The van der Waals surface area contributed by atoms with Crippen molar-refractivity contribution in [2.24, 2.45) is 0 Å². The Balaban J connectivity index is 1.76. The van der Waals surface area contributed by atoms with Crippen LogP contribution in [0.2, 0.25) is 5.02 Å². The molecule has 1 amide bonds. The zero-order chi connectivity index (χ0) is 16.9. The van der Waals surface area contributed by atoms with E-state index in [1.165, 1.54) is 0 Å². The number of aromatic nitrogens is 2. The number of nitrogens with zero attached hydrogens (tertiary/aromatic N) is 3. The van der Waals surface area contributed by atoms with Crippen LogP contribution in [0.3, 0.4) is 0 Å². The molecule has 2 aromatic heterocycles. The first-order valence-corrected chi connectivity index (χ1v) is 8.19. The van der Waals surface area contributed by atoms with Gasteiger partial charge in [0.05, 0.1) is 18.4 Å². The summed E-state index contributed by atoms with van der Waals surface area (Å²) in [7, 11) is 0. The third kappa shape index (κ3) is 3.49. The van der Waals surface area contributed by atoms with Gasteiger partial charge in [-0.25, -0.2) is 4.98 Å². The van der Waals surface area contributed by atoms with Gasteiger partial charge in [-0.3, -0.25) is 4.79 Å². The van der Waals surface area contributed by atoms with Crippen molar-refractivity contribution in [3.63, 3.8) is 0 Å². The van der Waals surface area contributed by atoms with E-state index >= 15 is 0 Å². The number of likely N-dealkylation sites (N-methyl/N-ethyl adjacent to an activating group) is 1. The van der Waals surface area contributed by atoms with Gasteiger partial charge in [0.25, 0.3) is 0 Å². The highest BCUT2D eigenvalue weighted by Crippen LogP contribution is 2.16. The van der Waals surface area contributed by atoms with E-state index in [2.05, 4.69) is 4.98 Å². The molecule has 0 unspecified atom stereocenters. The van der Waals surface area contributed by atoms with Crippen LogP contribution in [0.4, 0.5) is 0 Å². The highest BCUT2D eigenvalue weighted by molar-refractivity contribution is 6.32. The van der Waals surface area contributed by atoms with Crippen LogP contribution in [0.1, 0.15) is 18.2 Å². The Morgan fingerprint density at radius 2 is 2.04 bits per heavy atom. The Labute approximate surface area is 146 Å². The van der Waals surface area contributed by atoms with Gasteiger partial charge in [-0.15, -0.1) is 0 Å². The third-order valence-corrected chi connectivity index (χ3v) is 4.19. The Kier molecular flexibility index (Phi) is 4.96. The summed E-state index contributed by atoms with van der Waals surface area (Å²) in [4.78, 5) is 18.6. The summed E-state index contributed by atoms with van der Waals surface area (Å²) in [5.74, 6) is -0.0525. The second kappa shape index (κ2) is 7.32. The van der Waals surface area contributed by atoms with Gasteiger partial charge in [-0.1, -0.05) is 35.9 Å². The van der Waals surface area contributed by atoms with Crippen LogP contribution in [0.5, 0.6) is 0 Å². The molecule has 0 bridgehead atoms. The predicted molar refractivity (Wildman–Crippen MR) is 96.8 cm³/mol. The van der Waals surface area contributed by atoms with E-state index < -0.39 is 0 Å². The topological polar surface area (TPSA) is 37.6 Å². The maximum Gasteiger partial charge on any atom is 0.246 e. The van der Waals surface area contributed by atoms with Gasteiger partial charge in [-0.05, 0) is 36.8 Å². The molecule has 122 valence electrons. The first kappa shape index (κ1) is 16.3. The van der Waals surface area contributed by atoms with Crippen molar-refractivity contribution in [1.82, 2.24) is 14.3 Å². The van der Waals surface area contributed by atoms with E-state index in [1.54, 1.807) is 17.1 Å². The Morgan fingerprint density at radius 3 is 2.83 bits per heavy atom. The van der Waals surface area contributed by atoms with Gasteiger partial charge in [-0.2, -0.15) is 0 Å². The number of imidazole rings is 1. The van der Waals surface area contributed by atoms with Gasteiger partial charge in [0.2, 0.25) is 5.91 Å². The van der Waals surface area contributed by atoms with E-state index in [9.17, 15) is 4.79 Å². The largest absolute Gasteiger partial charge is 0.334 e. The fourth-order valence-electron chi connectivity index (χ4n) is 2.52. The minimum absolute atomic E-state index is 0.0525. The van der Waals surface area contributed by atoms with Crippen molar-refractivity contribution in [2.75, 3.05) is 6.54 Å². The Hall–Kier alpha value is -2.59. The number of fused-ring (bicyclic) bond motifs is 1. The maximum atomic E-state index is 12.5. The molecule has 0 saturated heterocycles. The molecular formula is C19H18ClN3O. The lowest BCUT2D eigenvalue weighted by molar-refractivity contribution is -0.126. The van der Waals surface area contributed by atoms with Crippen LogP contribution >= 0.6 is 11.6 Å². The Bertz CT molecular complexity index is 885. The van der Waals surface area contributed by atoms with Crippen LogP contribution in [-0.2, 0) is 11.3 Å². The molecule has 4 nitrogen and oxygen atoms in total. The lowest BCUT2D eigenvalue weighted by Gasteiger charge is -2.18. The molecule has 1 aromatic carbocycles. The molecule has 0 aliphatic carbocycles. The molecule has 2 heterocycles. The second-order valence-corrected chi connectivity index (χ2v) is 5.79. The molecule has 5 heteroatoms. The van der Waals surface area contributed by atoms with E-state index in [0.717, 1.165) is 16.9 Å². The van der Waals surface area contributed by atoms with E-state index in [0.29, 0.717) is 18.1 Å². The van der Waals surface area contributed by atoms with Crippen molar-refractivity contribution < 1.29 is 4.79 Å². The minimum Gasteiger partial charge on any atom is -0.334 e. The molecule has 0 fully saturated rings. The monoisotopic (exact) mass is 339 g/mol. The van der Waals surface area contributed by atoms with Crippen LogP contribution in [0.15, 0.2) is 60.9 Å². The molecule has 0 atom stereocenters. The van der Waals surface area contributed by atoms with Crippen LogP contribution < -0.4 is 0 Å². The van der Waals surface area contributed by atoms with Crippen molar-refractivity contribution in [3.8, 4) is 0 Å². The number of pyridine rings is 1. The summed E-state index contributed by atoms with van der Waals surface area (Å²) >= 11 is 6.11. The lowest BCUT2D eigenvalue weighted by atomic mass is 10.2. The lowest BCUT2D eigenvalue weighted by Crippen LogP contribution is -2.29. The van der Waals surface area contributed by atoms with Crippen molar-refractivity contribution in [1.29, 1.82) is 0 Å². The first-order valence-electron chi connectivity index (χ1n) is 7.81. The third-order valence-electron chi connectivity index (χ3n) is 3.85. The second-order valence-electron chi connectivity index (χ2n) is 5.39. The number of amides is 1. The number of halogens is 1. The fraction of sp³-hybridized carbons (Fsp3) is 0.158. The van der Waals surface area contributed by atoms with E-state index in [-0.39, 0.29) is 5.91 Å². The summed E-state index contributed by atoms with van der Waals surface area (Å²) in [5, 5.41) is 0.631. The number of benzene rings is 1. The number of carbonyl (C=O) groups is 1. The van der Waals surface area contributed by atoms with Crippen molar-refractivity contribution in [3.05, 3.63) is 77.2 Å². The molecule has 0 spiro atoms. The quantitative estimate of drug-likeness (QED) is 0.658. The average Bonchev–Trinajstić information content (AvgIpc) is 3.01. The SMILES string of the molecule is CCN(Cc1cnc2ccccn12)C(=O)C=Cc1ccccc1Cl. The standard InChI is InChI=1S/C19H18ClN3O/c1-2-22(14-16-13-21-18-9-5-6-12-23(16)18)19(24)11-10-15-7-3-4-8-17(15)20/h3-13H,2,14H2,1H3. The molecule has 3 rings (SSSR count). The van der Waals surface area contributed by atoms with Gasteiger partial charge in [0.1, 0.15) is 5.65 Å². The number of rotatable bonds is 5. The summed E-state index contributed by atoms with van der Waals surface area (Å²) in [6.45, 7) is 3.09. The van der Waals surface area contributed by atoms with Gasteiger partial charge >= 0.3 is 0 Å². The zero-order valence-corrected chi connectivity index (χ0v) is 14.1. The Morgan fingerprint density at radius 1 is 1.25 bits per heavy atom. The molecule has 0 radical (unpaired) electrons. The number of hydrogen-bond donors (Lipinski definition) is 0. The van der Waals surface area contributed by atoms with E-state index in [1.807, 2.05) is 66.2 Å². The average molecular weight is 340 g/mol. The summed E-state index contributed by atoms with van der Waals surface area (Å²) in [5.41, 5.74) is 2.69. The van der Waals surface area contributed by atoms with Crippen LogP contribution in [0.25, 0.3) is 11.7 Å². The fourth-order valence-corrected chi connectivity index (χ4v) is 2.72. The normalized spacial score (nSPS) is 11.2. The molecule has 0 aliphatic heterocycles. The predicted octanol–water partition coefficient (Wildman–Crippen LogP) is 4.05. The molecule has 24 heavy (non-hydrogen) atoms. The van der Waals surface area contributed by atoms with Crippen molar-refractivity contribution in [2.45, 2.75) is 13.5 Å². The van der Waals surface area contributed by atoms with Gasteiger partial charge in [0, 0.05) is 23.8 Å². The summed E-state index contributed by atoms with van der Waals surface area (Å²) in [6.07, 6.45) is 7.08. The summed E-state index contributed by atoms with van der Waals surface area (Å²) in [6, 6.07) is 13.3. The van der Waals surface area contributed by atoms with Gasteiger partial charge < -0.3 is 9.30 Å². The molecule has 3 aromatic rings. The molecule has 0 saturated carbocycles. The smallest absolute Gasteiger partial charge is 0.246 e. The zero-order valence-electron chi connectivity index (χ0n) is 13.4. The van der Waals surface area contributed by atoms with Crippen LogP contribution in [-0.4, -0.2) is 26.7 Å².